The number of nitrogens with one attached hydrogen (secondary N) is 2. The molecule has 0 unspecified atom stereocenters. The average molecular weight is 307 g/mol. The molecule has 0 aromatic heterocycles. The number of hydrogen-bond acceptors (Lipinski definition) is 2. The zero-order valence-corrected chi connectivity index (χ0v) is 12.8. The first kappa shape index (κ1) is 14.6. The summed E-state index contributed by atoms with van der Waals surface area (Å²) in [7, 11) is 1.63. The van der Waals surface area contributed by atoms with Crippen LogP contribution in [0, 0.1) is 6.92 Å². The Hall–Kier alpha value is -1.78. The van der Waals surface area contributed by atoms with Crippen molar-refractivity contribution in [2.45, 2.75) is 6.92 Å². The summed E-state index contributed by atoms with van der Waals surface area (Å²) in [6.45, 7) is 2.01. The molecule has 0 radical (unpaired) electrons. The van der Waals surface area contributed by atoms with Gasteiger partial charge >= 0.3 is 0 Å². The zero-order valence-electron chi connectivity index (χ0n) is 11.2. The van der Waals surface area contributed by atoms with Crippen LogP contribution < -0.4 is 15.4 Å². The first-order chi connectivity index (χ1) is 9.58. The summed E-state index contributed by atoms with van der Waals surface area (Å²) in [5.74, 6) is 0.742. The minimum absolute atomic E-state index is 0.483. The van der Waals surface area contributed by atoms with Crippen LogP contribution in [0.4, 0.5) is 11.4 Å². The summed E-state index contributed by atoms with van der Waals surface area (Å²) < 4.78 is 5.30. The van der Waals surface area contributed by atoms with E-state index in [0.717, 1.165) is 22.7 Å². The number of anilines is 2. The Labute approximate surface area is 128 Å². The normalized spacial score (nSPS) is 9.95. The molecule has 0 fully saturated rings. The summed E-state index contributed by atoms with van der Waals surface area (Å²) in [5.41, 5.74) is 2.78. The summed E-state index contributed by atoms with van der Waals surface area (Å²) in [5, 5.41) is 7.35. The molecule has 0 amide bonds. The van der Waals surface area contributed by atoms with Gasteiger partial charge in [0.1, 0.15) is 5.75 Å². The maximum Gasteiger partial charge on any atom is 0.175 e. The van der Waals surface area contributed by atoms with E-state index < -0.39 is 0 Å². The minimum Gasteiger partial charge on any atom is -0.495 e. The molecule has 0 bridgehead atoms. The highest BCUT2D eigenvalue weighted by molar-refractivity contribution is 7.80. The Morgan fingerprint density at radius 1 is 1.15 bits per heavy atom. The molecular weight excluding hydrogens is 292 g/mol. The Balaban J connectivity index is 2.10. The number of aryl methyl sites for hydroxylation is 1. The van der Waals surface area contributed by atoms with Crippen molar-refractivity contribution in [3.05, 3.63) is 53.1 Å². The lowest BCUT2D eigenvalue weighted by atomic mass is 10.2. The molecule has 0 aliphatic rings. The van der Waals surface area contributed by atoms with Gasteiger partial charge in [0.05, 0.1) is 12.8 Å². The second kappa shape index (κ2) is 6.59. The Morgan fingerprint density at radius 2 is 1.95 bits per heavy atom. The Morgan fingerprint density at radius 3 is 2.65 bits per heavy atom. The number of halogens is 1. The fraction of sp³-hybridized carbons (Fsp3) is 0.133. The molecule has 2 N–H and O–H groups in total. The summed E-state index contributed by atoms with van der Waals surface area (Å²) in [6, 6.07) is 13.2. The van der Waals surface area contributed by atoms with Crippen molar-refractivity contribution in [2.24, 2.45) is 0 Å². The second-order valence-corrected chi connectivity index (χ2v) is 5.14. The number of hydrogen-bond donors (Lipinski definition) is 2. The van der Waals surface area contributed by atoms with Crippen LogP contribution in [-0.2, 0) is 0 Å². The molecule has 5 heteroatoms. The summed E-state index contributed by atoms with van der Waals surface area (Å²) >= 11 is 11.2. The van der Waals surface area contributed by atoms with E-state index in [1.165, 1.54) is 0 Å². The Kier molecular flexibility index (Phi) is 4.82. The van der Waals surface area contributed by atoms with E-state index in [4.69, 9.17) is 28.6 Å². The Bertz CT molecular complexity index is 631. The first-order valence-corrected chi connectivity index (χ1v) is 6.85. The van der Waals surface area contributed by atoms with Crippen LogP contribution in [0.25, 0.3) is 0 Å². The van der Waals surface area contributed by atoms with E-state index in [9.17, 15) is 0 Å². The van der Waals surface area contributed by atoms with Gasteiger partial charge in [0.15, 0.2) is 5.11 Å². The molecule has 3 nitrogen and oxygen atoms in total. The first-order valence-electron chi connectivity index (χ1n) is 6.06. The fourth-order valence-corrected chi connectivity index (χ4v) is 2.19. The maximum atomic E-state index is 5.93. The van der Waals surface area contributed by atoms with E-state index in [0.29, 0.717) is 10.1 Å². The molecule has 2 aromatic rings. The van der Waals surface area contributed by atoms with Crippen molar-refractivity contribution in [1.29, 1.82) is 0 Å². The average Bonchev–Trinajstić information content (AvgIpc) is 2.38. The standard InChI is InChI=1S/C15H15ClN2OS/c1-10-6-7-14(19-2)13(8-10)18-15(20)17-12-5-3-4-11(16)9-12/h3-9H,1-2H3,(H2,17,18,20). The van der Waals surface area contributed by atoms with Gasteiger partial charge in [-0.15, -0.1) is 0 Å². The lowest BCUT2D eigenvalue weighted by Gasteiger charge is -2.14. The molecular formula is C15H15ClN2OS. The summed E-state index contributed by atoms with van der Waals surface area (Å²) in [4.78, 5) is 0. The van der Waals surface area contributed by atoms with Crippen LogP contribution >= 0.6 is 23.8 Å². The highest BCUT2D eigenvalue weighted by Gasteiger charge is 2.05. The quantitative estimate of drug-likeness (QED) is 0.820. The summed E-state index contributed by atoms with van der Waals surface area (Å²) in [6.07, 6.45) is 0. The van der Waals surface area contributed by atoms with Crippen molar-refractivity contribution in [3.8, 4) is 5.75 Å². The molecule has 104 valence electrons. The van der Waals surface area contributed by atoms with Gasteiger partial charge in [-0.3, -0.25) is 0 Å². The highest BCUT2D eigenvalue weighted by Crippen LogP contribution is 2.25. The van der Waals surface area contributed by atoms with Crippen LogP contribution in [0.2, 0.25) is 5.02 Å². The molecule has 2 aromatic carbocycles. The van der Waals surface area contributed by atoms with Crippen LogP contribution in [-0.4, -0.2) is 12.2 Å². The van der Waals surface area contributed by atoms with Crippen molar-refractivity contribution >= 4 is 40.3 Å². The van der Waals surface area contributed by atoms with Gasteiger partial charge in [-0.25, -0.2) is 0 Å². The molecule has 20 heavy (non-hydrogen) atoms. The van der Waals surface area contributed by atoms with Gasteiger partial charge in [-0.1, -0.05) is 23.7 Å². The molecule has 0 saturated carbocycles. The van der Waals surface area contributed by atoms with Gasteiger partial charge in [-0.2, -0.15) is 0 Å². The largest absolute Gasteiger partial charge is 0.495 e. The third-order valence-corrected chi connectivity index (χ3v) is 3.12. The number of ether oxygens (including phenoxy) is 1. The lowest BCUT2D eigenvalue weighted by molar-refractivity contribution is 0.417. The molecule has 0 aliphatic carbocycles. The van der Waals surface area contributed by atoms with Crippen molar-refractivity contribution in [2.75, 3.05) is 17.7 Å². The van der Waals surface area contributed by atoms with Gasteiger partial charge in [0, 0.05) is 10.7 Å². The number of benzene rings is 2. The zero-order chi connectivity index (χ0) is 14.5. The molecule has 0 spiro atoms. The van der Waals surface area contributed by atoms with Crippen LogP contribution in [0.15, 0.2) is 42.5 Å². The SMILES string of the molecule is COc1ccc(C)cc1NC(=S)Nc1cccc(Cl)c1. The molecule has 0 saturated heterocycles. The molecule has 0 heterocycles. The number of thiocarbonyl (C=S) groups is 1. The predicted octanol–water partition coefficient (Wildman–Crippen LogP) is 4.47. The highest BCUT2D eigenvalue weighted by atomic mass is 35.5. The predicted molar refractivity (Wildman–Crippen MR) is 89.0 cm³/mol. The van der Waals surface area contributed by atoms with E-state index in [1.54, 1.807) is 7.11 Å². The van der Waals surface area contributed by atoms with Gasteiger partial charge < -0.3 is 15.4 Å². The third kappa shape index (κ3) is 3.85. The number of rotatable bonds is 3. The van der Waals surface area contributed by atoms with Crippen LogP contribution in [0.3, 0.4) is 0 Å². The van der Waals surface area contributed by atoms with E-state index in [1.807, 2.05) is 49.4 Å². The fourth-order valence-electron chi connectivity index (χ4n) is 1.77. The van der Waals surface area contributed by atoms with Gasteiger partial charge in [0.2, 0.25) is 0 Å². The molecule has 0 atom stereocenters. The van der Waals surface area contributed by atoms with Crippen LogP contribution in [0.5, 0.6) is 5.75 Å². The third-order valence-electron chi connectivity index (χ3n) is 2.69. The maximum absolute atomic E-state index is 5.93. The molecule has 0 aliphatic heterocycles. The lowest BCUT2D eigenvalue weighted by Crippen LogP contribution is -2.19. The van der Waals surface area contributed by atoms with Gasteiger partial charge in [-0.05, 0) is 55.0 Å². The molecule has 2 rings (SSSR count). The van der Waals surface area contributed by atoms with Gasteiger partial charge in [0.25, 0.3) is 0 Å². The second-order valence-electron chi connectivity index (χ2n) is 4.29. The van der Waals surface area contributed by atoms with Crippen molar-refractivity contribution in [3.63, 3.8) is 0 Å². The van der Waals surface area contributed by atoms with Crippen LogP contribution in [0.1, 0.15) is 5.56 Å². The minimum atomic E-state index is 0.483. The van der Waals surface area contributed by atoms with E-state index in [-0.39, 0.29) is 0 Å². The van der Waals surface area contributed by atoms with E-state index >= 15 is 0 Å². The van der Waals surface area contributed by atoms with E-state index in [2.05, 4.69) is 10.6 Å². The number of methoxy groups -OCH3 is 1. The van der Waals surface area contributed by atoms with Crippen molar-refractivity contribution < 1.29 is 4.74 Å². The monoisotopic (exact) mass is 306 g/mol. The topological polar surface area (TPSA) is 33.3 Å². The van der Waals surface area contributed by atoms with Crippen molar-refractivity contribution in [1.82, 2.24) is 0 Å². The smallest absolute Gasteiger partial charge is 0.175 e.